The SMILES string of the molecule is Cc1nn(-c2ccc(-c3noc(C4CC4)n3)cc2)cc1C(=O)Nc1cccc(Br)c1. The van der Waals surface area contributed by atoms with Gasteiger partial charge in [-0.3, -0.25) is 4.79 Å². The van der Waals surface area contributed by atoms with E-state index < -0.39 is 0 Å². The van der Waals surface area contributed by atoms with Crippen molar-refractivity contribution in [1.82, 2.24) is 19.9 Å². The van der Waals surface area contributed by atoms with Crippen LogP contribution in [0.3, 0.4) is 0 Å². The average molecular weight is 464 g/mol. The predicted molar refractivity (Wildman–Crippen MR) is 116 cm³/mol. The summed E-state index contributed by atoms with van der Waals surface area (Å²) >= 11 is 3.41. The third-order valence-corrected chi connectivity index (χ3v) is 5.48. The van der Waals surface area contributed by atoms with Crippen molar-refractivity contribution in [3.8, 4) is 17.1 Å². The third kappa shape index (κ3) is 3.78. The Hall–Kier alpha value is -3.26. The lowest BCUT2D eigenvalue weighted by Gasteiger charge is -2.04. The molecule has 1 aliphatic rings. The van der Waals surface area contributed by atoms with Crippen LogP contribution in [0.1, 0.15) is 40.7 Å². The van der Waals surface area contributed by atoms with E-state index in [2.05, 4.69) is 36.5 Å². The van der Waals surface area contributed by atoms with E-state index in [1.54, 1.807) is 10.9 Å². The van der Waals surface area contributed by atoms with Gasteiger partial charge in [-0.1, -0.05) is 27.2 Å². The van der Waals surface area contributed by atoms with E-state index >= 15 is 0 Å². The second kappa shape index (κ2) is 7.53. The van der Waals surface area contributed by atoms with Crippen LogP contribution < -0.4 is 5.32 Å². The molecule has 4 aromatic rings. The van der Waals surface area contributed by atoms with Crippen molar-refractivity contribution in [2.75, 3.05) is 5.32 Å². The first-order valence-corrected chi connectivity index (χ1v) is 10.4. The molecule has 30 heavy (non-hydrogen) atoms. The quantitative estimate of drug-likeness (QED) is 0.443. The molecule has 0 atom stereocenters. The largest absolute Gasteiger partial charge is 0.339 e. The first kappa shape index (κ1) is 18.7. The van der Waals surface area contributed by atoms with E-state index in [0.29, 0.717) is 23.0 Å². The van der Waals surface area contributed by atoms with E-state index in [0.717, 1.165) is 40.1 Å². The Morgan fingerprint density at radius 2 is 2.00 bits per heavy atom. The van der Waals surface area contributed by atoms with Crippen LogP contribution in [0.15, 0.2) is 63.7 Å². The van der Waals surface area contributed by atoms with Crippen molar-refractivity contribution < 1.29 is 9.32 Å². The minimum Gasteiger partial charge on any atom is -0.339 e. The number of hydrogen-bond acceptors (Lipinski definition) is 5. The summed E-state index contributed by atoms with van der Waals surface area (Å²) in [5.41, 5.74) is 3.61. The molecule has 1 saturated carbocycles. The molecule has 1 aliphatic carbocycles. The molecule has 0 bridgehead atoms. The van der Waals surface area contributed by atoms with Crippen LogP contribution in [0.4, 0.5) is 5.69 Å². The Morgan fingerprint density at radius 3 is 2.73 bits per heavy atom. The van der Waals surface area contributed by atoms with Crippen LogP contribution in [0.2, 0.25) is 0 Å². The zero-order valence-electron chi connectivity index (χ0n) is 16.2. The van der Waals surface area contributed by atoms with Gasteiger partial charge in [0.2, 0.25) is 11.7 Å². The molecule has 0 aliphatic heterocycles. The highest BCUT2D eigenvalue weighted by molar-refractivity contribution is 9.10. The first-order chi connectivity index (χ1) is 14.6. The van der Waals surface area contributed by atoms with Crippen molar-refractivity contribution in [3.63, 3.8) is 0 Å². The van der Waals surface area contributed by atoms with Gasteiger partial charge in [0.05, 0.1) is 16.9 Å². The third-order valence-electron chi connectivity index (χ3n) is 4.98. The van der Waals surface area contributed by atoms with Crippen LogP contribution in [0, 0.1) is 6.92 Å². The van der Waals surface area contributed by atoms with Gasteiger partial charge in [0, 0.05) is 27.8 Å². The fourth-order valence-corrected chi connectivity index (χ4v) is 3.59. The molecule has 0 saturated heterocycles. The highest BCUT2D eigenvalue weighted by atomic mass is 79.9. The Balaban J connectivity index is 1.35. The summed E-state index contributed by atoms with van der Waals surface area (Å²) in [6, 6.07) is 15.2. The van der Waals surface area contributed by atoms with Crippen LogP contribution in [0.25, 0.3) is 17.1 Å². The summed E-state index contributed by atoms with van der Waals surface area (Å²) < 4.78 is 7.93. The van der Waals surface area contributed by atoms with Crippen LogP contribution in [0.5, 0.6) is 0 Å². The van der Waals surface area contributed by atoms with Gasteiger partial charge in [0.1, 0.15) is 0 Å². The second-order valence-electron chi connectivity index (χ2n) is 7.31. The fourth-order valence-electron chi connectivity index (χ4n) is 3.19. The number of benzene rings is 2. The maximum atomic E-state index is 12.7. The number of aryl methyl sites for hydroxylation is 1. The standard InChI is InChI=1S/C22H18BrN5O2/c1-13-19(21(29)24-17-4-2-3-16(23)11-17)12-28(26-13)18-9-7-14(8-10-18)20-25-22(30-27-20)15-5-6-15/h2-4,7-12,15H,5-6H2,1H3,(H,24,29). The molecule has 0 unspecified atom stereocenters. The minimum absolute atomic E-state index is 0.201. The van der Waals surface area contributed by atoms with Crippen molar-refractivity contribution in [1.29, 1.82) is 0 Å². The molecule has 1 fully saturated rings. The number of carbonyl (C=O) groups excluding carboxylic acids is 1. The fraction of sp³-hybridized carbons (Fsp3) is 0.182. The Bertz CT molecular complexity index is 1220. The second-order valence-corrected chi connectivity index (χ2v) is 8.23. The molecule has 1 amide bonds. The number of anilines is 1. The molecule has 0 spiro atoms. The lowest BCUT2D eigenvalue weighted by atomic mass is 10.2. The number of nitrogens with zero attached hydrogens (tertiary/aromatic N) is 4. The average Bonchev–Trinajstić information content (AvgIpc) is 3.33. The zero-order chi connectivity index (χ0) is 20.7. The normalized spacial score (nSPS) is 13.4. The van der Waals surface area contributed by atoms with Crippen molar-refractivity contribution in [2.45, 2.75) is 25.7 Å². The minimum atomic E-state index is -0.201. The van der Waals surface area contributed by atoms with E-state index in [1.165, 1.54) is 0 Å². The topological polar surface area (TPSA) is 85.8 Å². The number of carbonyl (C=O) groups is 1. The summed E-state index contributed by atoms with van der Waals surface area (Å²) in [5, 5.41) is 11.5. The van der Waals surface area contributed by atoms with Gasteiger partial charge in [0.15, 0.2) is 0 Å². The summed E-state index contributed by atoms with van der Waals surface area (Å²) in [7, 11) is 0. The van der Waals surface area contributed by atoms with Gasteiger partial charge < -0.3 is 9.84 Å². The lowest BCUT2D eigenvalue weighted by molar-refractivity contribution is 0.102. The van der Waals surface area contributed by atoms with Crippen LogP contribution in [-0.2, 0) is 0 Å². The molecule has 8 heteroatoms. The van der Waals surface area contributed by atoms with E-state index in [9.17, 15) is 4.79 Å². The Kier molecular flexibility index (Phi) is 4.71. The molecule has 2 heterocycles. The summed E-state index contributed by atoms with van der Waals surface area (Å²) in [6.07, 6.45) is 3.98. The summed E-state index contributed by atoms with van der Waals surface area (Å²) in [6.45, 7) is 1.82. The zero-order valence-corrected chi connectivity index (χ0v) is 17.8. The highest BCUT2D eigenvalue weighted by Gasteiger charge is 2.29. The number of nitrogens with one attached hydrogen (secondary N) is 1. The van der Waals surface area contributed by atoms with Crippen LogP contribution >= 0.6 is 15.9 Å². The lowest BCUT2D eigenvalue weighted by Crippen LogP contribution is -2.12. The van der Waals surface area contributed by atoms with Crippen molar-refractivity contribution in [3.05, 3.63) is 76.3 Å². The molecular weight excluding hydrogens is 446 g/mol. The summed E-state index contributed by atoms with van der Waals surface area (Å²) in [5.74, 6) is 1.54. The molecule has 1 N–H and O–H groups in total. The number of halogens is 1. The van der Waals surface area contributed by atoms with Crippen molar-refractivity contribution >= 4 is 27.5 Å². The van der Waals surface area contributed by atoms with Gasteiger partial charge in [-0.15, -0.1) is 0 Å². The number of hydrogen-bond donors (Lipinski definition) is 1. The maximum Gasteiger partial charge on any atom is 0.259 e. The number of amides is 1. The van der Waals surface area contributed by atoms with Crippen LogP contribution in [-0.4, -0.2) is 25.8 Å². The molecule has 5 rings (SSSR count). The van der Waals surface area contributed by atoms with Gasteiger partial charge in [-0.2, -0.15) is 10.1 Å². The molecular formula is C22H18BrN5O2. The van der Waals surface area contributed by atoms with Gasteiger partial charge in [-0.25, -0.2) is 4.68 Å². The highest BCUT2D eigenvalue weighted by Crippen LogP contribution is 2.39. The Morgan fingerprint density at radius 1 is 1.20 bits per heavy atom. The first-order valence-electron chi connectivity index (χ1n) is 9.64. The van der Waals surface area contributed by atoms with Gasteiger partial charge in [0.25, 0.3) is 5.91 Å². The van der Waals surface area contributed by atoms with Crippen molar-refractivity contribution in [2.24, 2.45) is 0 Å². The van der Waals surface area contributed by atoms with E-state index in [4.69, 9.17) is 4.52 Å². The molecule has 7 nitrogen and oxygen atoms in total. The van der Waals surface area contributed by atoms with Gasteiger partial charge in [-0.05, 0) is 62.2 Å². The van der Waals surface area contributed by atoms with Gasteiger partial charge >= 0.3 is 0 Å². The summed E-state index contributed by atoms with van der Waals surface area (Å²) in [4.78, 5) is 17.2. The monoisotopic (exact) mass is 463 g/mol. The molecule has 2 aromatic heterocycles. The van der Waals surface area contributed by atoms with E-state index in [1.807, 2.05) is 55.5 Å². The predicted octanol–water partition coefficient (Wildman–Crippen LogP) is 5.12. The molecule has 150 valence electrons. The number of rotatable bonds is 5. The smallest absolute Gasteiger partial charge is 0.259 e. The molecule has 2 aromatic carbocycles. The Labute approximate surface area is 181 Å². The molecule has 0 radical (unpaired) electrons. The maximum absolute atomic E-state index is 12.7. The van der Waals surface area contributed by atoms with E-state index in [-0.39, 0.29) is 5.91 Å². The number of aromatic nitrogens is 4.